The summed E-state index contributed by atoms with van der Waals surface area (Å²) in [7, 11) is 0. The Morgan fingerprint density at radius 3 is 2.23 bits per heavy atom. The van der Waals surface area contributed by atoms with Crippen molar-refractivity contribution in [1.29, 1.82) is 0 Å². The summed E-state index contributed by atoms with van der Waals surface area (Å²) in [6, 6.07) is -0.530. The highest BCUT2D eigenvalue weighted by atomic mass is 16.4. The summed E-state index contributed by atoms with van der Waals surface area (Å²) in [6.07, 6.45) is 0.592. The second-order valence-corrected chi connectivity index (χ2v) is 4.58. The van der Waals surface area contributed by atoms with Gasteiger partial charge in [0.1, 0.15) is 6.04 Å². The van der Waals surface area contributed by atoms with E-state index in [0.717, 1.165) is 0 Å². The fourth-order valence-corrected chi connectivity index (χ4v) is 1.11. The molecule has 0 amide bonds. The first-order valence-corrected chi connectivity index (χ1v) is 4.37. The standard InChI is InChI=1S/C10H19NO2/c1-7(2)11-8(9(12)13)6-10(3,4)5/h8,11H,1,6H2,2-5H3,(H,12,13)/t8-/m0/s1. The van der Waals surface area contributed by atoms with Gasteiger partial charge in [-0.15, -0.1) is 0 Å². The van der Waals surface area contributed by atoms with Crippen molar-refractivity contribution in [1.82, 2.24) is 5.32 Å². The van der Waals surface area contributed by atoms with Crippen LogP contribution in [-0.2, 0) is 4.79 Å². The zero-order chi connectivity index (χ0) is 10.6. The van der Waals surface area contributed by atoms with E-state index in [9.17, 15) is 4.79 Å². The van der Waals surface area contributed by atoms with Crippen LogP contribution in [0.25, 0.3) is 0 Å². The number of nitrogens with one attached hydrogen (secondary N) is 1. The van der Waals surface area contributed by atoms with E-state index in [-0.39, 0.29) is 5.41 Å². The lowest BCUT2D eigenvalue weighted by Gasteiger charge is -2.24. The van der Waals surface area contributed by atoms with E-state index in [1.165, 1.54) is 0 Å². The van der Waals surface area contributed by atoms with E-state index in [4.69, 9.17) is 5.11 Å². The Balaban J connectivity index is 4.27. The first-order valence-electron chi connectivity index (χ1n) is 4.37. The maximum atomic E-state index is 10.8. The minimum atomic E-state index is -0.821. The molecule has 0 spiro atoms. The molecule has 0 saturated carbocycles. The number of carboxylic acid groups (broad SMARTS) is 1. The van der Waals surface area contributed by atoms with Crippen LogP contribution in [-0.4, -0.2) is 17.1 Å². The number of hydrogen-bond acceptors (Lipinski definition) is 2. The fraction of sp³-hybridized carbons (Fsp3) is 0.700. The van der Waals surface area contributed by atoms with Crippen LogP contribution in [0.1, 0.15) is 34.1 Å². The Hall–Kier alpha value is -0.990. The number of carboxylic acids is 1. The summed E-state index contributed by atoms with van der Waals surface area (Å²) in [5, 5.41) is 11.7. The fourth-order valence-electron chi connectivity index (χ4n) is 1.11. The molecule has 0 aromatic carbocycles. The van der Waals surface area contributed by atoms with Crippen LogP contribution in [0.4, 0.5) is 0 Å². The minimum Gasteiger partial charge on any atom is -0.480 e. The molecule has 0 heterocycles. The van der Waals surface area contributed by atoms with Crippen LogP contribution < -0.4 is 5.32 Å². The van der Waals surface area contributed by atoms with Crippen LogP contribution in [0, 0.1) is 5.41 Å². The van der Waals surface area contributed by atoms with Crippen molar-refractivity contribution in [2.45, 2.75) is 40.2 Å². The van der Waals surface area contributed by atoms with Gasteiger partial charge in [-0.05, 0) is 18.8 Å². The summed E-state index contributed by atoms with van der Waals surface area (Å²) in [6.45, 7) is 11.4. The highest BCUT2D eigenvalue weighted by Gasteiger charge is 2.23. The van der Waals surface area contributed by atoms with Gasteiger partial charge in [-0.25, -0.2) is 4.79 Å². The van der Waals surface area contributed by atoms with Crippen molar-refractivity contribution in [2.24, 2.45) is 5.41 Å². The van der Waals surface area contributed by atoms with Gasteiger partial charge in [-0.1, -0.05) is 27.4 Å². The first-order chi connectivity index (χ1) is 5.72. The van der Waals surface area contributed by atoms with Crippen molar-refractivity contribution < 1.29 is 9.90 Å². The molecule has 0 aliphatic rings. The molecule has 3 nitrogen and oxygen atoms in total. The molecule has 0 radical (unpaired) electrons. The summed E-state index contributed by atoms with van der Waals surface area (Å²) in [5.74, 6) is -0.821. The number of aliphatic carboxylic acids is 1. The second-order valence-electron chi connectivity index (χ2n) is 4.58. The number of allylic oxidation sites excluding steroid dienone is 1. The van der Waals surface area contributed by atoms with E-state index in [1.807, 2.05) is 20.8 Å². The van der Waals surface area contributed by atoms with Gasteiger partial charge in [0, 0.05) is 5.70 Å². The Morgan fingerprint density at radius 1 is 1.54 bits per heavy atom. The van der Waals surface area contributed by atoms with Crippen LogP contribution in [0.5, 0.6) is 0 Å². The normalized spacial score (nSPS) is 13.5. The predicted octanol–water partition coefficient (Wildman–Crippen LogP) is 2.00. The SMILES string of the molecule is C=C(C)N[C@@H](CC(C)(C)C)C(=O)O. The predicted molar refractivity (Wildman–Crippen MR) is 53.4 cm³/mol. The lowest BCUT2D eigenvalue weighted by Crippen LogP contribution is -2.38. The van der Waals surface area contributed by atoms with Gasteiger partial charge in [0.25, 0.3) is 0 Å². The van der Waals surface area contributed by atoms with Crippen molar-refractivity contribution in [3.05, 3.63) is 12.3 Å². The Bertz CT molecular complexity index is 203. The van der Waals surface area contributed by atoms with Crippen molar-refractivity contribution in [3.8, 4) is 0 Å². The molecule has 0 unspecified atom stereocenters. The summed E-state index contributed by atoms with van der Waals surface area (Å²) in [4.78, 5) is 10.8. The van der Waals surface area contributed by atoms with Gasteiger partial charge in [0.05, 0.1) is 0 Å². The third-order valence-electron chi connectivity index (χ3n) is 1.54. The number of rotatable bonds is 4. The molecule has 0 aliphatic heterocycles. The van der Waals surface area contributed by atoms with E-state index in [2.05, 4.69) is 11.9 Å². The van der Waals surface area contributed by atoms with Crippen molar-refractivity contribution in [3.63, 3.8) is 0 Å². The largest absolute Gasteiger partial charge is 0.480 e. The van der Waals surface area contributed by atoms with Crippen LogP contribution >= 0.6 is 0 Å². The molecule has 0 aromatic rings. The zero-order valence-electron chi connectivity index (χ0n) is 8.85. The molecule has 0 bridgehead atoms. The van der Waals surface area contributed by atoms with Gasteiger partial charge in [0.15, 0.2) is 0 Å². The molecule has 0 rings (SSSR count). The van der Waals surface area contributed by atoms with E-state index in [1.54, 1.807) is 6.92 Å². The topological polar surface area (TPSA) is 49.3 Å². The molecule has 0 saturated heterocycles. The van der Waals surface area contributed by atoms with Crippen LogP contribution in [0.3, 0.4) is 0 Å². The molecular formula is C10H19NO2. The van der Waals surface area contributed by atoms with E-state index >= 15 is 0 Å². The molecule has 0 fully saturated rings. The van der Waals surface area contributed by atoms with Gasteiger partial charge < -0.3 is 10.4 Å². The summed E-state index contributed by atoms with van der Waals surface area (Å²) < 4.78 is 0. The monoisotopic (exact) mass is 185 g/mol. The molecule has 1 atom stereocenters. The lowest BCUT2D eigenvalue weighted by atomic mass is 9.88. The highest BCUT2D eigenvalue weighted by molar-refractivity contribution is 5.73. The smallest absolute Gasteiger partial charge is 0.326 e. The summed E-state index contributed by atoms with van der Waals surface area (Å²) >= 11 is 0. The molecule has 3 heteroatoms. The maximum absolute atomic E-state index is 10.8. The Kier molecular flexibility index (Phi) is 3.98. The van der Waals surface area contributed by atoms with Gasteiger partial charge in [-0.2, -0.15) is 0 Å². The second kappa shape index (κ2) is 4.30. The lowest BCUT2D eigenvalue weighted by molar-refractivity contribution is -0.140. The molecule has 0 aliphatic carbocycles. The average Bonchev–Trinajstić information content (AvgIpc) is 1.81. The maximum Gasteiger partial charge on any atom is 0.326 e. The van der Waals surface area contributed by atoms with E-state index < -0.39 is 12.0 Å². The third-order valence-corrected chi connectivity index (χ3v) is 1.54. The molecule has 0 aromatic heterocycles. The Morgan fingerprint density at radius 2 is 2.00 bits per heavy atom. The van der Waals surface area contributed by atoms with Gasteiger partial charge in [-0.3, -0.25) is 0 Å². The van der Waals surface area contributed by atoms with Gasteiger partial charge in [0.2, 0.25) is 0 Å². The zero-order valence-corrected chi connectivity index (χ0v) is 8.85. The first kappa shape index (κ1) is 12.0. The van der Waals surface area contributed by atoms with Gasteiger partial charge >= 0.3 is 5.97 Å². The summed E-state index contributed by atoms with van der Waals surface area (Å²) in [5.41, 5.74) is 0.697. The number of hydrogen-bond donors (Lipinski definition) is 2. The van der Waals surface area contributed by atoms with Crippen molar-refractivity contribution >= 4 is 5.97 Å². The molecule has 76 valence electrons. The molecule has 2 N–H and O–H groups in total. The van der Waals surface area contributed by atoms with Crippen LogP contribution in [0.2, 0.25) is 0 Å². The van der Waals surface area contributed by atoms with Crippen LogP contribution in [0.15, 0.2) is 12.3 Å². The number of carbonyl (C=O) groups is 1. The molecular weight excluding hydrogens is 166 g/mol. The third kappa shape index (κ3) is 6.20. The highest BCUT2D eigenvalue weighted by Crippen LogP contribution is 2.21. The molecule has 13 heavy (non-hydrogen) atoms. The van der Waals surface area contributed by atoms with E-state index in [0.29, 0.717) is 12.1 Å². The average molecular weight is 185 g/mol. The minimum absolute atomic E-state index is 0.00546. The van der Waals surface area contributed by atoms with Crippen molar-refractivity contribution in [2.75, 3.05) is 0 Å². The Labute approximate surface area is 79.8 Å². The quantitative estimate of drug-likeness (QED) is 0.704.